The van der Waals surface area contributed by atoms with E-state index in [1.807, 2.05) is 31.2 Å². The second-order valence-electron chi connectivity index (χ2n) is 9.14. The van der Waals surface area contributed by atoms with Crippen molar-refractivity contribution in [3.05, 3.63) is 93.4 Å². The molecule has 34 heavy (non-hydrogen) atoms. The lowest BCUT2D eigenvalue weighted by molar-refractivity contribution is 0.102. The maximum absolute atomic E-state index is 12.8. The number of H-pyrrole nitrogens is 1. The summed E-state index contributed by atoms with van der Waals surface area (Å²) >= 11 is 0. The lowest BCUT2D eigenvalue weighted by Gasteiger charge is -2.32. The Labute approximate surface area is 200 Å². The number of pyridine rings is 1. The summed E-state index contributed by atoms with van der Waals surface area (Å²) in [4.78, 5) is 32.6. The summed E-state index contributed by atoms with van der Waals surface area (Å²) in [7, 11) is 2.15. The lowest BCUT2D eigenvalue weighted by Crippen LogP contribution is -2.43. The van der Waals surface area contributed by atoms with Crippen LogP contribution in [0.5, 0.6) is 0 Å². The van der Waals surface area contributed by atoms with Gasteiger partial charge < -0.3 is 20.5 Å². The fraction of sp³-hybridized carbons (Fsp3) is 0.333. The van der Waals surface area contributed by atoms with Crippen molar-refractivity contribution >= 4 is 17.3 Å². The molecular formula is C27H33N5O2. The molecule has 3 aromatic rings. The molecule has 2 heterocycles. The number of amides is 1. The van der Waals surface area contributed by atoms with Crippen LogP contribution in [0.1, 0.15) is 40.0 Å². The number of hydrogen-bond acceptors (Lipinski definition) is 5. The molecule has 0 aliphatic carbocycles. The van der Waals surface area contributed by atoms with E-state index in [1.54, 1.807) is 12.3 Å². The molecule has 0 radical (unpaired) electrons. The van der Waals surface area contributed by atoms with Crippen molar-refractivity contribution in [3.8, 4) is 0 Å². The van der Waals surface area contributed by atoms with Gasteiger partial charge in [0.05, 0.1) is 5.69 Å². The Kier molecular flexibility index (Phi) is 7.45. The van der Waals surface area contributed by atoms with Gasteiger partial charge in [-0.2, -0.15) is 0 Å². The number of rotatable bonds is 7. The van der Waals surface area contributed by atoms with Crippen LogP contribution in [0.25, 0.3) is 0 Å². The highest BCUT2D eigenvalue weighted by Crippen LogP contribution is 2.20. The highest BCUT2D eigenvalue weighted by Gasteiger charge is 2.15. The Hall–Kier alpha value is -3.42. The molecule has 1 fully saturated rings. The number of carbonyl (C=O) groups excluding carboxylic acids is 1. The Morgan fingerprint density at radius 3 is 2.35 bits per heavy atom. The number of hydrogen-bond donors (Lipinski definition) is 3. The summed E-state index contributed by atoms with van der Waals surface area (Å²) < 4.78 is 0. The van der Waals surface area contributed by atoms with Crippen LogP contribution in [0.2, 0.25) is 0 Å². The highest BCUT2D eigenvalue weighted by atomic mass is 16.2. The van der Waals surface area contributed by atoms with Gasteiger partial charge in [-0.3, -0.25) is 14.5 Å². The molecule has 1 aliphatic rings. The van der Waals surface area contributed by atoms with Crippen LogP contribution in [-0.4, -0.2) is 53.9 Å². The van der Waals surface area contributed by atoms with E-state index in [2.05, 4.69) is 63.7 Å². The van der Waals surface area contributed by atoms with Crippen molar-refractivity contribution in [1.82, 2.24) is 14.8 Å². The van der Waals surface area contributed by atoms with Crippen LogP contribution in [0.15, 0.2) is 65.6 Å². The minimum atomic E-state index is -0.431. The van der Waals surface area contributed by atoms with E-state index < -0.39 is 11.5 Å². The van der Waals surface area contributed by atoms with Gasteiger partial charge in [0, 0.05) is 50.6 Å². The standard InChI is InChI=1S/C27H33N5O2/c1-19-4-8-22(9-5-19)20(2)29-24-16-25(26(33)28-17-24)27(34)30-23-10-6-21(7-11-23)18-32-14-12-31(3)13-15-32/h4-11,16-17,20,29H,12-15,18H2,1-3H3,(H,28,33)(H,30,34)/t20-/m1/s1. The molecule has 1 saturated heterocycles. The first-order valence-electron chi connectivity index (χ1n) is 11.7. The summed E-state index contributed by atoms with van der Waals surface area (Å²) in [5, 5.41) is 6.20. The van der Waals surface area contributed by atoms with Crippen LogP contribution in [-0.2, 0) is 6.54 Å². The van der Waals surface area contributed by atoms with Crippen LogP contribution in [0.4, 0.5) is 11.4 Å². The lowest BCUT2D eigenvalue weighted by atomic mass is 10.1. The number of anilines is 2. The molecule has 3 N–H and O–H groups in total. The van der Waals surface area contributed by atoms with Gasteiger partial charge in [0.15, 0.2) is 0 Å². The Morgan fingerprint density at radius 1 is 1.00 bits per heavy atom. The fourth-order valence-electron chi connectivity index (χ4n) is 4.08. The van der Waals surface area contributed by atoms with Crippen molar-refractivity contribution in [1.29, 1.82) is 0 Å². The molecule has 1 atom stereocenters. The maximum Gasteiger partial charge on any atom is 0.261 e. The molecule has 0 spiro atoms. The quantitative estimate of drug-likeness (QED) is 0.500. The van der Waals surface area contributed by atoms with E-state index in [4.69, 9.17) is 0 Å². The highest BCUT2D eigenvalue weighted by molar-refractivity contribution is 6.04. The van der Waals surface area contributed by atoms with Gasteiger partial charge in [-0.1, -0.05) is 42.0 Å². The monoisotopic (exact) mass is 459 g/mol. The number of carbonyl (C=O) groups is 1. The van der Waals surface area contributed by atoms with Crippen molar-refractivity contribution in [2.75, 3.05) is 43.9 Å². The first-order valence-corrected chi connectivity index (χ1v) is 11.7. The van der Waals surface area contributed by atoms with E-state index in [-0.39, 0.29) is 11.6 Å². The predicted octanol–water partition coefficient (Wildman–Crippen LogP) is 3.86. The molecule has 1 amide bonds. The normalized spacial score (nSPS) is 15.6. The average Bonchev–Trinajstić information content (AvgIpc) is 2.83. The van der Waals surface area contributed by atoms with Crippen LogP contribution in [0, 0.1) is 6.92 Å². The van der Waals surface area contributed by atoms with Gasteiger partial charge in [0.25, 0.3) is 11.5 Å². The zero-order valence-corrected chi connectivity index (χ0v) is 20.1. The van der Waals surface area contributed by atoms with Crippen LogP contribution >= 0.6 is 0 Å². The molecule has 1 aliphatic heterocycles. The number of benzene rings is 2. The van der Waals surface area contributed by atoms with Gasteiger partial charge >= 0.3 is 0 Å². The zero-order valence-electron chi connectivity index (χ0n) is 20.1. The molecule has 178 valence electrons. The molecule has 7 nitrogen and oxygen atoms in total. The summed E-state index contributed by atoms with van der Waals surface area (Å²) in [6.45, 7) is 9.28. The number of aryl methyl sites for hydroxylation is 1. The van der Waals surface area contributed by atoms with E-state index in [0.29, 0.717) is 11.4 Å². The molecule has 2 aromatic carbocycles. The maximum atomic E-state index is 12.8. The first-order chi connectivity index (χ1) is 16.4. The number of likely N-dealkylation sites (N-methyl/N-ethyl adjacent to an activating group) is 1. The first kappa shape index (κ1) is 23.7. The second-order valence-corrected chi connectivity index (χ2v) is 9.14. The second kappa shape index (κ2) is 10.7. The third-order valence-electron chi connectivity index (χ3n) is 6.32. The molecule has 7 heteroatoms. The van der Waals surface area contributed by atoms with Crippen molar-refractivity contribution in [3.63, 3.8) is 0 Å². The minimum Gasteiger partial charge on any atom is -0.377 e. The van der Waals surface area contributed by atoms with Crippen molar-refractivity contribution in [2.24, 2.45) is 0 Å². The Bertz CT molecular complexity index is 1160. The van der Waals surface area contributed by atoms with Gasteiger partial charge in [-0.15, -0.1) is 0 Å². The number of nitrogens with zero attached hydrogens (tertiary/aromatic N) is 2. The topological polar surface area (TPSA) is 80.5 Å². The van der Waals surface area contributed by atoms with Gasteiger partial charge in [0.1, 0.15) is 5.56 Å². The molecule has 1 aromatic heterocycles. The van der Waals surface area contributed by atoms with Gasteiger partial charge in [-0.05, 0) is 50.2 Å². The third-order valence-corrected chi connectivity index (χ3v) is 6.32. The van der Waals surface area contributed by atoms with Crippen LogP contribution < -0.4 is 16.2 Å². The summed E-state index contributed by atoms with van der Waals surface area (Å²) in [6, 6.07) is 17.7. The summed E-state index contributed by atoms with van der Waals surface area (Å²) in [5.74, 6) is -0.431. The van der Waals surface area contributed by atoms with E-state index in [0.717, 1.165) is 38.3 Å². The number of aromatic nitrogens is 1. The van der Waals surface area contributed by atoms with E-state index >= 15 is 0 Å². The molecule has 4 rings (SSSR count). The Balaban J connectivity index is 1.38. The molecule has 0 saturated carbocycles. The largest absolute Gasteiger partial charge is 0.377 e. The van der Waals surface area contributed by atoms with Gasteiger partial charge in [-0.25, -0.2) is 0 Å². The predicted molar refractivity (Wildman–Crippen MR) is 137 cm³/mol. The Morgan fingerprint density at radius 2 is 1.68 bits per heavy atom. The van der Waals surface area contributed by atoms with Crippen molar-refractivity contribution in [2.45, 2.75) is 26.4 Å². The number of aromatic amines is 1. The minimum absolute atomic E-state index is 0.0234. The molecule has 0 bridgehead atoms. The van der Waals surface area contributed by atoms with E-state index in [9.17, 15) is 9.59 Å². The summed E-state index contributed by atoms with van der Waals surface area (Å²) in [5.41, 5.74) is 4.53. The third kappa shape index (κ3) is 6.12. The molecule has 0 unspecified atom stereocenters. The zero-order chi connectivity index (χ0) is 24.1. The van der Waals surface area contributed by atoms with E-state index in [1.165, 1.54) is 11.1 Å². The fourth-order valence-corrected chi connectivity index (χ4v) is 4.08. The SMILES string of the molecule is Cc1ccc([C@@H](C)Nc2c[nH]c(=O)c(C(=O)Nc3ccc(CN4CCN(C)CC4)cc3)c2)cc1. The average molecular weight is 460 g/mol. The molecular weight excluding hydrogens is 426 g/mol. The summed E-state index contributed by atoms with van der Waals surface area (Å²) in [6.07, 6.45) is 1.59. The smallest absolute Gasteiger partial charge is 0.261 e. The van der Waals surface area contributed by atoms with Gasteiger partial charge in [0.2, 0.25) is 0 Å². The number of nitrogens with one attached hydrogen (secondary N) is 3. The van der Waals surface area contributed by atoms with Crippen molar-refractivity contribution < 1.29 is 4.79 Å². The number of piperazine rings is 1. The van der Waals surface area contributed by atoms with Crippen LogP contribution in [0.3, 0.4) is 0 Å².